The molecule has 0 fully saturated rings. The van der Waals surface area contributed by atoms with Crippen molar-refractivity contribution in [3.63, 3.8) is 0 Å². The van der Waals surface area contributed by atoms with Crippen LogP contribution in [0, 0.1) is 0 Å². The highest BCUT2D eigenvalue weighted by Gasteiger charge is 2.01. The highest BCUT2D eigenvalue weighted by molar-refractivity contribution is 5.85. The first-order chi connectivity index (χ1) is 12.2. The summed E-state index contributed by atoms with van der Waals surface area (Å²) >= 11 is 0. The lowest BCUT2D eigenvalue weighted by Crippen LogP contribution is -2.20. The van der Waals surface area contributed by atoms with Gasteiger partial charge in [0.15, 0.2) is 0 Å². The van der Waals surface area contributed by atoms with Crippen molar-refractivity contribution >= 4 is 16.7 Å². The van der Waals surface area contributed by atoms with E-state index in [1.165, 1.54) is 5.39 Å². The van der Waals surface area contributed by atoms with Crippen LogP contribution in [0.15, 0.2) is 36.4 Å². The van der Waals surface area contributed by atoms with Gasteiger partial charge in [0.1, 0.15) is 11.5 Å². The number of amides is 1. The third kappa shape index (κ3) is 7.04. The van der Waals surface area contributed by atoms with E-state index in [0.29, 0.717) is 0 Å². The predicted octanol–water partition coefficient (Wildman–Crippen LogP) is 4.70. The SMILES string of the molecule is CCCOc1ccc2cc(OCCCCCCNC(C)=O)ccc2c1. The van der Waals surface area contributed by atoms with Crippen molar-refractivity contribution in [1.29, 1.82) is 0 Å². The second-order valence-corrected chi connectivity index (χ2v) is 6.26. The number of carbonyl (C=O) groups is 1. The number of unbranched alkanes of at least 4 members (excludes halogenated alkanes) is 3. The van der Waals surface area contributed by atoms with E-state index < -0.39 is 0 Å². The summed E-state index contributed by atoms with van der Waals surface area (Å²) in [6.45, 7) is 5.90. The fraction of sp³-hybridized carbons (Fsp3) is 0.476. The van der Waals surface area contributed by atoms with Crippen LogP contribution in [0.2, 0.25) is 0 Å². The number of hydrogen-bond acceptors (Lipinski definition) is 3. The van der Waals surface area contributed by atoms with Gasteiger partial charge in [-0.25, -0.2) is 0 Å². The van der Waals surface area contributed by atoms with Crippen LogP contribution in [0.5, 0.6) is 11.5 Å². The Morgan fingerprint density at radius 1 is 0.880 bits per heavy atom. The van der Waals surface area contributed by atoms with Crippen LogP contribution in [0.3, 0.4) is 0 Å². The molecule has 0 bridgehead atoms. The van der Waals surface area contributed by atoms with E-state index in [4.69, 9.17) is 9.47 Å². The summed E-state index contributed by atoms with van der Waals surface area (Å²) in [6, 6.07) is 12.3. The summed E-state index contributed by atoms with van der Waals surface area (Å²) < 4.78 is 11.5. The minimum Gasteiger partial charge on any atom is -0.494 e. The summed E-state index contributed by atoms with van der Waals surface area (Å²) in [5, 5.41) is 5.14. The molecule has 0 aromatic heterocycles. The molecule has 25 heavy (non-hydrogen) atoms. The minimum absolute atomic E-state index is 0.0451. The van der Waals surface area contributed by atoms with Crippen LogP contribution in [0.1, 0.15) is 46.0 Å². The number of rotatable bonds is 11. The highest BCUT2D eigenvalue weighted by atomic mass is 16.5. The van der Waals surface area contributed by atoms with Gasteiger partial charge in [-0.1, -0.05) is 31.9 Å². The predicted molar refractivity (Wildman–Crippen MR) is 102 cm³/mol. The number of hydrogen-bond donors (Lipinski definition) is 1. The maximum atomic E-state index is 10.8. The Morgan fingerprint density at radius 2 is 1.48 bits per heavy atom. The normalized spacial score (nSPS) is 10.6. The molecule has 0 saturated heterocycles. The van der Waals surface area contributed by atoms with Crippen molar-refractivity contribution in [3.05, 3.63) is 36.4 Å². The molecule has 0 unspecified atom stereocenters. The van der Waals surface area contributed by atoms with E-state index in [9.17, 15) is 4.79 Å². The van der Waals surface area contributed by atoms with Gasteiger partial charge >= 0.3 is 0 Å². The zero-order valence-electron chi connectivity index (χ0n) is 15.3. The Balaban J connectivity index is 1.71. The summed E-state index contributed by atoms with van der Waals surface area (Å²) in [5.74, 6) is 1.87. The number of ether oxygens (including phenoxy) is 2. The molecule has 0 heterocycles. The second-order valence-electron chi connectivity index (χ2n) is 6.26. The van der Waals surface area contributed by atoms with Gasteiger partial charge in [-0.3, -0.25) is 4.79 Å². The third-order valence-electron chi connectivity index (χ3n) is 3.97. The molecule has 4 heteroatoms. The minimum atomic E-state index is 0.0451. The van der Waals surface area contributed by atoms with Crippen LogP contribution < -0.4 is 14.8 Å². The first-order valence-corrected chi connectivity index (χ1v) is 9.23. The molecule has 0 aliphatic heterocycles. The van der Waals surface area contributed by atoms with E-state index in [0.717, 1.165) is 68.7 Å². The van der Waals surface area contributed by atoms with Gasteiger partial charge in [-0.15, -0.1) is 0 Å². The first-order valence-electron chi connectivity index (χ1n) is 9.23. The molecule has 1 N–H and O–H groups in total. The van der Waals surface area contributed by atoms with E-state index >= 15 is 0 Å². The number of fused-ring (bicyclic) bond motifs is 1. The van der Waals surface area contributed by atoms with Gasteiger partial charge in [0.25, 0.3) is 0 Å². The molecule has 136 valence electrons. The van der Waals surface area contributed by atoms with E-state index in [1.54, 1.807) is 6.92 Å². The molecule has 0 saturated carbocycles. The maximum Gasteiger partial charge on any atom is 0.216 e. The van der Waals surface area contributed by atoms with Gasteiger partial charge in [0.05, 0.1) is 13.2 Å². The van der Waals surface area contributed by atoms with Crippen molar-refractivity contribution in [1.82, 2.24) is 5.32 Å². The molecule has 2 aromatic carbocycles. The molecular formula is C21H29NO3. The summed E-state index contributed by atoms with van der Waals surface area (Å²) in [6.07, 6.45) is 5.30. The quantitative estimate of drug-likeness (QED) is 0.601. The molecule has 0 radical (unpaired) electrons. The Kier molecular flexibility index (Phi) is 8.10. The van der Waals surface area contributed by atoms with Crippen LogP contribution in [-0.2, 0) is 4.79 Å². The van der Waals surface area contributed by atoms with Crippen LogP contribution >= 0.6 is 0 Å². The van der Waals surface area contributed by atoms with Crippen molar-refractivity contribution in [2.45, 2.75) is 46.0 Å². The van der Waals surface area contributed by atoms with E-state index in [1.807, 2.05) is 12.1 Å². The number of nitrogens with one attached hydrogen (secondary N) is 1. The number of carbonyl (C=O) groups excluding carboxylic acids is 1. The van der Waals surface area contributed by atoms with Gasteiger partial charge in [-0.2, -0.15) is 0 Å². The Bertz CT molecular complexity index is 669. The van der Waals surface area contributed by atoms with E-state index in [2.05, 4.69) is 36.5 Å². The third-order valence-corrected chi connectivity index (χ3v) is 3.97. The average Bonchev–Trinajstić information content (AvgIpc) is 2.61. The fourth-order valence-corrected chi connectivity index (χ4v) is 2.64. The Hall–Kier alpha value is -2.23. The van der Waals surface area contributed by atoms with Gasteiger partial charge in [-0.05, 0) is 54.3 Å². The van der Waals surface area contributed by atoms with Crippen molar-refractivity contribution < 1.29 is 14.3 Å². The van der Waals surface area contributed by atoms with Crippen LogP contribution in [0.4, 0.5) is 0 Å². The largest absolute Gasteiger partial charge is 0.494 e. The van der Waals surface area contributed by atoms with E-state index in [-0.39, 0.29) is 5.91 Å². The van der Waals surface area contributed by atoms with Crippen molar-refractivity contribution in [2.24, 2.45) is 0 Å². The van der Waals surface area contributed by atoms with Crippen LogP contribution in [0.25, 0.3) is 10.8 Å². The lowest BCUT2D eigenvalue weighted by atomic mass is 10.1. The smallest absolute Gasteiger partial charge is 0.216 e. The lowest BCUT2D eigenvalue weighted by molar-refractivity contribution is -0.118. The standard InChI is InChI=1S/C21H29NO3/c1-3-13-24-20-10-8-19-16-21(11-9-18(19)15-20)25-14-7-5-4-6-12-22-17(2)23/h8-11,15-16H,3-7,12-14H2,1-2H3,(H,22,23). The maximum absolute atomic E-state index is 10.8. The average molecular weight is 343 g/mol. The van der Waals surface area contributed by atoms with Gasteiger partial charge in [0.2, 0.25) is 5.91 Å². The zero-order valence-corrected chi connectivity index (χ0v) is 15.3. The monoisotopic (exact) mass is 343 g/mol. The molecule has 0 aliphatic carbocycles. The van der Waals surface area contributed by atoms with Gasteiger partial charge in [0, 0.05) is 13.5 Å². The second kappa shape index (κ2) is 10.6. The summed E-state index contributed by atoms with van der Waals surface area (Å²) in [5.41, 5.74) is 0. The lowest BCUT2D eigenvalue weighted by Gasteiger charge is -2.09. The summed E-state index contributed by atoms with van der Waals surface area (Å²) in [4.78, 5) is 10.8. The van der Waals surface area contributed by atoms with Crippen molar-refractivity contribution in [2.75, 3.05) is 19.8 Å². The molecule has 1 amide bonds. The first kappa shape index (κ1) is 19.1. The zero-order chi connectivity index (χ0) is 17.9. The number of benzene rings is 2. The molecule has 0 aliphatic rings. The molecule has 2 rings (SSSR count). The fourth-order valence-electron chi connectivity index (χ4n) is 2.64. The summed E-state index contributed by atoms with van der Waals surface area (Å²) in [7, 11) is 0. The van der Waals surface area contributed by atoms with Crippen molar-refractivity contribution in [3.8, 4) is 11.5 Å². The highest BCUT2D eigenvalue weighted by Crippen LogP contribution is 2.25. The molecule has 0 atom stereocenters. The topological polar surface area (TPSA) is 47.6 Å². The molecular weight excluding hydrogens is 314 g/mol. The Morgan fingerprint density at radius 3 is 2.08 bits per heavy atom. The molecule has 4 nitrogen and oxygen atoms in total. The molecule has 2 aromatic rings. The van der Waals surface area contributed by atoms with Crippen LogP contribution in [-0.4, -0.2) is 25.7 Å². The molecule has 0 spiro atoms. The Labute approximate surface area is 150 Å². The van der Waals surface area contributed by atoms with Gasteiger partial charge < -0.3 is 14.8 Å².